The van der Waals surface area contributed by atoms with Crippen LogP contribution in [-0.2, 0) is 0 Å². The van der Waals surface area contributed by atoms with E-state index in [0.29, 0.717) is 5.92 Å². The lowest BCUT2D eigenvalue weighted by atomic mass is 9.89. The standard InChI is InChI=1S/C15H22BrFN2/c1-10(18)12-5-7-19(8-6-12)11(2)14-4-3-13(16)9-15(14)17/h3-4,9-12H,5-8,18H2,1-2H3. The quantitative estimate of drug-likeness (QED) is 0.916. The van der Waals surface area contributed by atoms with Crippen molar-refractivity contribution in [3.05, 3.63) is 34.1 Å². The molecule has 0 aromatic heterocycles. The summed E-state index contributed by atoms with van der Waals surface area (Å²) < 4.78 is 14.8. The molecule has 4 heteroatoms. The third-order valence-electron chi connectivity index (χ3n) is 4.28. The molecule has 1 aliphatic heterocycles. The molecule has 19 heavy (non-hydrogen) atoms. The Morgan fingerprint density at radius 2 is 1.95 bits per heavy atom. The summed E-state index contributed by atoms with van der Waals surface area (Å²) in [7, 11) is 0. The van der Waals surface area contributed by atoms with Gasteiger partial charge in [-0.3, -0.25) is 4.90 Å². The average Bonchev–Trinajstić information content (AvgIpc) is 2.38. The van der Waals surface area contributed by atoms with Crippen LogP contribution in [0.15, 0.2) is 22.7 Å². The predicted octanol–water partition coefficient (Wildman–Crippen LogP) is 3.71. The van der Waals surface area contributed by atoms with Crippen LogP contribution >= 0.6 is 15.9 Å². The first kappa shape index (κ1) is 14.9. The van der Waals surface area contributed by atoms with Crippen molar-refractivity contribution in [1.82, 2.24) is 4.90 Å². The molecule has 0 saturated carbocycles. The molecule has 1 saturated heterocycles. The highest BCUT2D eigenvalue weighted by molar-refractivity contribution is 9.10. The van der Waals surface area contributed by atoms with Gasteiger partial charge in [0.2, 0.25) is 0 Å². The molecule has 1 aromatic carbocycles. The van der Waals surface area contributed by atoms with Gasteiger partial charge in [-0.25, -0.2) is 4.39 Å². The Labute approximate surface area is 123 Å². The highest BCUT2D eigenvalue weighted by Crippen LogP contribution is 2.29. The normalized spacial score (nSPS) is 21.3. The Morgan fingerprint density at radius 1 is 1.32 bits per heavy atom. The molecular formula is C15H22BrFN2. The van der Waals surface area contributed by atoms with Crippen LogP contribution in [0.3, 0.4) is 0 Å². The highest BCUT2D eigenvalue weighted by Gasteiger charge is 2.26. The van der Waals surface area contributed by atoms with Gasteiger partial charge >= 0.3 is 0 Å². The number of hydrogen-bond acceptors (Lipinski definition) is 2. The van der Waals surface area contributed by atoms with Gasteiger partial charge in [-0.05, 0) is 57.8 Å². The second-order valence-corrected chi connectivity index (χ2v) is 6.49. The van der Waals surface area contributed by atoms with Crippen LogP contribution in [0.25, 0.3) is 0 Å². The van der Waals surface area contributed by atoms with Crippen LogP contribution in [-0.4, -0.2) is 24.0 Å². The lowest BCUT2D eigenvalue weighted by Crippen LogP contribution is -2.40. The third-order valence-corrected chi connectivity index (χ3v) is 4.77. The minimum atomic E-state index is -0.129. The number of benzene rings is 1. The van der Waals surface area contributed by atoms with Gasteiger partial charge in [-0.1, -0.05) is 22.0 Å². The number of halogens is 2. The maximum atomic E-state index is 14.0. The Kier molecular flexibility index (Phi) is 4.98. The van der Waals surface area contributed by atoms with E-state index in [-0.39, 0.29) is 17.9 Å². The molecule has 106 valence electrons. The summed E-state index contributed by atoms with van der Waals surface area (Å²) in [6.07, 6.45) is 2.22. The van der Waals surface area contributed by atoms with Crippen molar-refractivity contribution >= 4 is 15.9 Å². The fourth-order valence-corrected chi connectivity index (χ4v) is 3.20. The van der Waals surface area contributed by atoms with Crippen molar-refractivity contribution in [3.63, 3.8) is 0 Å². The topological polar surface area (TPSA) is 29.3 Å². The summed E-state index contributed by atoms with van der Waals surface area (Å²) in [6, 6.07) is 5.72. The molecule has 2 nitrogen and oxygen atoms in total. The minimum Gasteiger partial charge on any atom is -0.328 e. The maximum Gasteiger partial charge on any atom is 0.129 e. The van der Waals surface area contributed by atoms with Gasteiger partial charge in [0, 0.05) is 22.1 Å². The van der Waals surface area contributed by atoms with E-state index in [1.54, 1.807) is 6.07 Å². The second-order valence-electron chi connectivity index (χ2n) is 5.57. The number of nitrogens with zero attached hydrogens (tertiary/aromatic N) is 1. The number of rotatable bonds is 3. The maximum absolute atomic E-state index is 14.0. The number of piperidine rings is 1. The molecule has 2 atom stereocenters. The molecule has 0 spiro atoms. The summed E-state index contributed by atoms with van der Waals surface area (Å²) in [5.74, 6) is 0.481. The van der Waals surface area contributed by atoms with E-state index in [0.717, 1.165) is 36.0 Å². The molecule has 2 rings (SSSR count). The van der Waals surface area contributed by atoms with Crippen molar-refractivity contribution in [3.8, 4) is 0 Å². The monoisotopic (exact) mass is 328 g/mol. The first-order chi connectivity index (χ1) is 8.99. The molecule has 2 unspecified atom stereocenters. The fraction of sp³-hybridized carbons (Fsp3) is 0.600. The summed E-state index contributed by atoms with van der Waals surface area (Å²) in [5.41, 5.74) is 6.74. The van der Waals surface area contributed by atoms with E-state index >= 15 is 0 Å². The number of nitrogens with two attached hydrogens (primary N) is 1. The second kappa shape index (κ2) is 6.33. The van der Waals surface area contributed by atoms with Gasteiger partial charge in [0.15, 0.2) is 0 Å². The summed E-state index contributed by atoms with van der Waals surface area (Å²) in [4.78, 5) is 2.35. The zero-order valence-corrected chi connectivity index (χ0v) is 13.2. The van der Waals surface area contributed by atoms with E-state index in [1.165, 1.54) is 0 Å². The zero-order chi connectivity index (χ0) is 14.0. The van der Waals surface area contributed by atoms with Crippen LogP contribution in [0.5, 0.6) is 0 Å². The Bertz CT molecular complexity index is 428. The fourth-order valence-electron chi connectivity index (χ4n) is 2.87. The van der Waals surface area contributed by atoms with Crippen molar-refractivity contribution in [2.24, 2.45) is 11.7 Å². The molecule has 1 heterocycles. The first-order valence-corrected chi connectivity index (χ1v) is 7.73. The van der Waals surface area contributed by atoms with Gasteiger partial charge in [0.1, 0.15) is 5.82 Å². The van der Waals surface area contributed by atoms with Gasteiger partial charge in [-0.15, -0.1) is 0 Å². The SMILES string of the molecule is CC(N)C1CCN(C(C)c2ccc(Br)cc2F)CC1. The lowest BCUT2D eigenvalue weighted by molar-refractivity contribution is 0.130. The van der Waals surface area contributed by atoms with Gasteiger partial charge in [0.05, 0.1) is 0 Å². The van der Waals surface area contributed by atoms with Gasteiger partial charge in [0.25, 0.3) is 0 Å². The zero-order valence-electron chi connectivity index (χ0n) is 11.6. The van der Waals surface area contributed by atoms with Crippen molar-refractivity contribution in [1.29, 1.82) is 0 Å². The number of likely N-dealkylation sites (tertiary alicyclic amines) is 1. The molecule has 0 aliphatic carbocycles. The van der Waals surface area contributed by atoms with Crippen LogP contribution in [0.4, 0.5) is 4.39 Å². The largest absolute Gasteiger partial charge is 0.328 e. The van der Waals surface area contributed by atoms with Crippen LogP contribution < -0.4 is 5.73 Å². The summed E-state index contributed by atoms with van der Waals surface area (Å²) in [6.45, 7) is 6.17. The molecule has 1 aliphatic rings. The number of hydrogen-bond donors (Lipinski definition) is 1. The molecule has 1 fully saturated rings. The van der Waals surface area contributed by atoms with E-state index in [2.05, 4.69) is 34.7 Å². The molecule has 0 radical (unpaired) electrons. The predicted molar refractivity (Wildman–Crippen MR) is 80.5 cm³/mol. The highest BCUT2D eigenvalue weighted by atomic mass is 79.9. The van der Waals surface area contributed by atoms with E-state index in [1.807, 2.05) is 12.1 Å². The average molecular weight is 329 g/mol. The molecule has 0 amide bonds. The van der Waals surface area contributed by atoms with Gasteiger partial charge in [-0.2, -0.15) is 0 Å². The van der Waals surface area contributed by atoms with Crippen molar-refractivity contribution in [2.45, 2.75) is 38.8 Å². The summed E-state index contributed by atoms with van der Waals surface area (Å²) >= 11 is 3.30. The molecule has 2 N–H and O–H groups in total. The van der Waals surface area contributed by atoms with Crippen molar-refractivity contribution in [2.75, 3.05) is 13.1 Å². The first-order valence-electron chi connectivity index (χ1n) is 6.93. The van der Waals surface area contributed by atoms with Crippen LogP contribution in [0.1, 0.15) is 38.3 Å². The molecule has 1 aromatic rings. The molecule has 0 bridgehead atoms. The lowest BCUT2D eigenvalue weighted by Gasteiger charge is -2.37. The van der Waals surface area contributed by atoms with E-state index in [9.17, 15) is 4.39 Å². The van der Waals surface area contributed by atoms with Crippen LogP contribution in [0.2, 0.25) is 0 Å². The van der Waals surface area contributed by atoms with Crippen molar-refractivity contribution < 1.29 is 4.39 Å². The van der Waals surface area contributed by atoms with Gasteiger partial charge < -0.3 is 5.73 Å². The Balaban J connectivity index is 2.03. The van der Waals surface area contributed by atoms with E-state index in [4.69, 9.17) is 5.73 Å². The third kappa shape index (κ3) is 3.56. The summed E-state index contributed by atoms with van der Waals surface area (Å²) in [5, 5.41) is 0. The Hall–Kier alpha value is -0.450. The van der Waals surface area contributed by atoms with E-state index < -0.39 is 0 Å². The molecular weight excluding hydrogens is 307 g/mol. The van der Waals surface area contributed by atoms with Crippen LogP contribution in [0, 0.1) is 11.7 Å². The minimum absolute atomic E-state index is 0.127. The smallest absolute Gasteiger partial charge is 0.129 e. The Morgan fingerprint density at radius 3 is 2.47 bits per heavy atom.